The molecule has 1 saturated carbocycles. The van der Waals surface area contributed by atoms with E-state index >= 15 is 0 Å². The van der Waals surface area contributed by atoms with Crippen molar-refractivity contribution in [1.29, 1.82) is 5.26 Å². The summed E-state index contributed by atoms with van der Waals surface area (Å²) in [6, 6.07) is 6.72. The van der Waals surface area contributed by atoms with Crippen molar-refractivity contribution in [2.45, 2.75) is 39.8 Å². The van der Waals surface area contributed by atoms with Gasteiger partial charge in [0.1, 0.15) is 23.6 Å². The summed E-state index contributed by atoms with van der Waals surface area (Å²) < 4.78 is 14.2. The van der Waals surface area contributed by atoms with Crippen LogP contribution in [0.2, 0.25) is 0 Å². The maximum absolute atomic E-state index is 14.2. The standard InChI is InChI=1S/C27H31FN6O2/c1-6-31-13-17(15(2)12-30-5)21(11-29)33-25(35)24-22-18(27(22,3)4)14-34(24)26(36)20-10-16-8-7-9-19(28)23(16)32-20/h7-10,12-13,18,21-22,24,32H,6,14H2,1-5H3,(H,33,35)/b17-15-,30-12?,31-13?. The third kappa shape index (κ3) is 4.32. The van der Waals surface area contributed by atoms with Gasteiger partial charge in [0.15, 0.2) is 0 Å². The quantitative estimate of drug-likeness (QED) is 0.579. The lowest BCUT2D eigenvalue weighted by Gasteiger charge is -2.30. The highest BCUT2D eigenvalue weighted by Gasteiger charge is 2.69. The third-order valence-corrected chi connectivity index (χ3v) is 7.49. The molecule has 2 heterocycles. The van der Waals surface area contributed by atoms with Crippen LogP contribution in [0.4, 0.5) is 4.39 Å². The van der Waals surface area contributed by atoms with Crippen molar-refractivity contribution in [1.82, 2.24) is 15.2 Å². The van der Waals surface area contributed by atoms with Gasteiger partial charge in [-0.15, -0.1) is 0 Å². The number of hydrogen-bond acceptors (Lipinski definition) is 5. The molecule has 1 aliphatic carbocycles. The largest absolute Gasteiger partial charge is 0.348 e. The van der Waals surface area contributed by atoms with Crippen LogP contribution in [0.5, 0.6) is 0 Å². The van der Waals surface area contributed by atoms with Crippen LogP contribution in [0.1, 0.15) is 38.2 Å². The van der Waals surface area contributed by atoms with E-state index in [1.807, 2.05) is 6.92 Å². The molecule has 0 spiro atoms. The Morgan fingerprint density at radius 3 is 2.78 bits per heavy atom. The summed E-state index contributed by atoms with van der Waals surface area (Å²) in [4.78, 5) is 39.9. The van der Waals surface area contributed by atoms with E-state index < -0.39 is 17.9 Å². The normalized spacial score (nSPS) is 24.0. The molecule has 188 valence electrons. The van der Waals surface area contributed by atoms with Crippen LogP contribution >= 0.6 is 0 Å². The van der Waals surface area contributed by atoms with Crippen LogP contribution in [0.3, 0.4) is 0 Å². The second-order valence-electron chi connectivity index (χ2n) is 9.97. The van der Waals surface area contributed by atoms with E-state index in [2.05, 4.69) is 40.2 Å². The van der Waals surface area contributed by atoms with Gasteiger partial charge < -0.3 is 15.2 Å². The zero-order chi connectivity index (χ0) is 26.2. The van der Waals surface area contributed by atoms with Crippen molar-refractivity contribution >= 4 is 35.1 Å². The zero-order valence-corrected chi connectivity index (χ0v) is 21.2. The van der Waals surface area contributed by atoms with E-state index in [1.165, 1.54) is 6.07 Å². The number of nitrogens with zero attached hydrogens (tertiary/aromatic N) is 4. The van der Waals surface area contributed by atoms with E-state index in [0.29, 0.717) is 29.6 Å². The second-order valence-corrected chi connectivity index (χ2v) is 9.97. The van der Waals surface area contributed by atoms with Gasteiger partial charge in [-0.1, -0.05) is 26.0 Å². The monoisotopic (exact) mass is 490 g/mol. The molecule has 2 N–H and O–H groups in total. The van der Waals surface area contributed by atoms with E-state index in [9.17, 15) is 19.2 Å². The molecule has 8 nitrogen and oxygen atoms in total. The Balaban J connectivity index is 1.64. The van der Waals surface area contributed by atoms with Crippen molar-refractivity contribution in [3.8, 4) is 6.07 Å². The lowest BCUT2D eigenvalue weighted by molar-refractivity contribution is -0.126. The van der Waals surface area contributed by atoms with Gasteiger partial charge in [-0.3, -0.25) is 19.6 Å². The van der Waals surface area contributed by atoms with Crippen molar-refractivity contribution < 1.29 is 14.0 Å². The Kier molecular flexibility index (Phi) is 6.81. The Morgan fingerprint density at radius 1 is 1.39 bits per heavy atom. The Hall–Kier alpha value is -3.80. The maximum atomic E-state index is 14.2. The predicted molar refractivity (Wildman–Crippen MR) is 138 cm³/mol. The lowest BCUT2D eigenvalue weighted by Crippen LogP contribution is -2.52. The first kappa shape index (κ1) is 25.3. The molecule has 9 heteroatoms. The van der Waals surface area contributed by atoms with Gasteiger partial charge in [-0.25, -0.2) is 4.39 Å². The molecule has 1 saturated heterocycles. The highest BCUT2D eigenvalue weighted by molar-refractivity contribution is 6.01. The predicted octanol–water partition coefficient (Wildman–Crippen LogP) is 3.52. The minimum Gasteiger partial charge on any atom is -0.348 e. The summed E-state index contributed by atoms with van der Waals surface area (Å²) >= 11 is 0. The minimum absolute atomic E-state index is 0.0306. The number of amides is 2. The summed E-state index contributed by atoms with van der Waals surface area (Å²) in [6.45, 7) is 8.81. The molecule has 4 rings (SSSR count). The number of benzene rings is 1. The molecule has 4 atom stereocenters. The van der Waals surface area contributed by atoms with Gasteiger partial charge >= 0.3 is 0 Å². The molecule has 36 heavy (non-hydrogen) atoms. The van der Waals surface area contributed by atoms with Crippen molar-refractivity contribution in [2.75, 3.05) is 20.1 Å². The minimum atomic E-state index is -0.953. The summed E-state index contributed by atoms with van der Waals surface area (Å²) in [5.41, 5.74) is 1.65. The van der Waals surface area contributed by atoms with E-state index in [0.717, 1.165) is 0 Å². The van der Waals surface area contributed by atoms with Crippen molar-refractivity contribution in [3.05, 3.63) is 46.9 Å². The van der Waals surface area contributed by atoms with Gasteiger partial charge in [0.25, 0.3) is 5.91 Å². The number of aromatic amines is 1. The molecule has 0 bridgehead atoms. The summed E-state index contributed by atoms with van der Waals surface area (Å²) in [5.74, 6) is -1.05. The van der Waals surface area contributed by atoms with Crippen molar-refractivity contribution in [2.24, 2.45) is 27.2 Å². The molecular weight excluding hydrogens is 459 g/mol. The smallest absolute Gasteiger partial charge is 0.271 e. The fourth-order valence-electron chi connectivity index (χ4n) is 5.45. The van der Waals surface area contributed by atoms with Gasteiger partial charge in [-0.2, -0.15) is 5.26 Å². The fraction of sp³-hybridized carbons (Fsp3) is 0.444. The number of allylic oxidation sites excluding steroid dienone is 1. The van der Waals surface area contributed by atoms with Crippen LogP contribution in [0.25, 0.3) is 10.9 Å². The second kappa shape index (κ2) is 9.69. The highest BCUT2D eigenvalue weighted by Crippen LogP contribution is 2.65. The first-order valence-electron chi connectivity index (χ1n) is 12.1. The molecule has 2 aliphatic rings. The van der Waals surface area contributed by atoms with Gasteiger partial charge in [0, 0.05) is 43.5 Å². The summed E-state index contributed by atoms with van der Waals surface area (Å²) in [6.07, 6.45) is 3.21. The number of nitriles is 1. The third-order valence-electron chi connectivity index (χ3n) is 7.49. The lowest BCUT2D eigenvalue weighted by atomic mass is 9.98. The van der Waals surface area contributed by atoms with Crippen molar-refractivity contribution in [3.63, 3.8) is 0 Å². The number of nitrogens with one attached hydrogen (secondary N) is 2. The van der Waals surface area contributed by atoms with Gasteiger partial charge in [0.2, 0.25) is 5.91 Å². The average molecular weight is 491 g/mol. The fourth-order valence-corrected chi connectivity index (χ4v) is 5.45. The highest BCUT2D eigenvalue weighted by atomic mass is 19.1. The molecule has 4 unspecified atom stereocenters. The molecule has 2 amide bonds. The van der Waals surface area contributed by atoms with Crippen LogP contribution in [0, 0.1) is 34.4 Å². The molecule has 2 fully saturated rings. The van der Waals surface area contributed by atoms with E-state index in [-0.39, 0.29) is 40.3 Å². The number of halogens is 1. The van der Waals surface area contributed by atoms with Gasteiger partial charge in [-0.05, 0) is 48.8 Å². The Bertz CT molecular complexity index is 1330. The van der Waals surface area contributed by atoms with Crippen LogP contribution in [-0.2, 0) is 4.79 Å². The molecule has 0 radical (unpaired) electrons. The van der Waals surface area contributed by atoms with Crippen LogP contribution < -0.4 is 5.32 Å². The zero-order valence-electron chi connectivity index (χ0n) is 21.2. The number of piperidine rings is 1. The van der Waals surface area contributed by atoms with E-state index in [4.69, 9.17) is 0 Å². The summed E-state index contributed by atoms with van der Waals surface area (Å²) in [5, 5.41) is 13.4. The first-order chi connectivity index (χ1) is 17.1. The number of para-hydroxylation sites is 1. The molecule has 1 aliphatic heterocycles. The van der Waals surface area contributed by atoms with Crippen LogP contribution in [-0.4, -0.2) is 66.3 Å². The SMILES string of the molecule is CCN=C/C(=C(\C)C=NC)C(C#N)NC(=O)C1C2C(CN1C(=O)c1cc3cccc(F)c3[nH]1)C2(C)C. The molecule has 2 aromatic rings. The Morgan fingerprint density at radius 2 is 2.14 bits per heavy atom. The topological polar surface area (TPSA) is 114 Å². The number of H-pyrrole nitrogens is 1. The number of likely N-dealkylation sites (tertiary alicyclic amines) is 1. The Labute approximate surface area is 210 Å². The first-order valence-corrected chi connectivity index (χ1v) is 12.1. The number of fused-ring (bicyclic) bond motifs is 2. The molecular formula is C27H31FN6O2. The number of rotatable bonds is 7. The number of aliphatic imine (C=N–C) groups is 2. The average Bonchev–Trinajstić information content (AvgIpc) is 3.24. The molecule has 1 aromatic heterocycles. The number of carbonyl (C=O) groups excluding carboxylic acids is 2. The van der Waals surface area contributed by atoms with E-state index in [1.54, 1.807) is 49.5 Å². The summed E-state index contributed by atoms with van der Waals surface area (Å²) in [7, 11) is 1.63. The number of aromatic nitrogens is 1. The van der Waals surface area contributed by atoms with Crippen LogP contribution in [0.15, 0.2) is 45.4 Å². The van der Waals surface area contributed by atoms with Gasteiger partial charge in [0.05, 0.1) is 11.6 Å². The molecule has 1 aromatic carbocycles. The number of carbonyl (C=O) groups is 2. The number of hydrogen-bond donors (Lipinski definition) is 2. The maximum Gasteiger partial charge on any atom is 0.271 e.